The van der Waals surface area contributed by atoms with Gasteiger partial charge in [0, 0.05) is 5.69 Å². The van der Waals surface area contributed by atoms with E-state index in [9.17, 15) is 14.7 Å². The van der Waals surface area contributed by atoms with Gasteiger partial charge in [0.1, 0.15) is 0 Å². The van der Waals surface area contributed by atoms with Crippen LogP contribution in [0.25, 0.3) is 0 Å². The molecule has 0 atom stereocenters. The molecule has 17 heavy (non-hydrogen) atoms. The highest BCUT2D eigenvalue weighted by molar-refractivity contribution is 8.00. The van der Waals surface area contributed by atoms with Crippen molar-refractivity contribution in [3.63, 3.8) is 0 Å². The average Bonchev–Trinajstić information content (AvgIpc) is 2.27. The smallest absolute Gasteiger partial charge is 0.234 e. The van der Waals surface area contributed by atoms with Crippen molar-refractivity contribution in [2.24, 2.45) is 0 Å². The third kappa shape index (κ3) is 4.91. The summed E-state index contributed by atoms with van der Waals surface area (Å²) in [7, 11) is 0. The van der Waals surface area contributed by atoms with Gasteiger partial charge < -0.3 is 15.2 Å². The Hall–Kier alpha value is -1.49. The second kappa shape index (κ2) is 6.30. The minimum atomic E-state index is -1.22. The number of rotatable bonds is 5. The van der Waals surface area contributed by atoms with E-state index in [4.69, 9.17) is 0 Å². The van der Waals surface area contributed by atoms with E-state index >= 15 is 0 Å². The van der Waals surface area contributed by atoms with Gasteiger partial charge >= 0.3 is 0 Å². The first kappa shape index (κ1) is 13.6. The molecule has 0 spiro atoms. The van der Waals surface area contributed by atoms with Gasteiger partial charge in [0.15, 0.2) is 0 Å². The first-order valence-electron chi connectivity index (χ1n) is 5.22. The van der Waals surface area contributed by atoms with Crippen LogP contribution in [0, 0.1) is 0 Å². The average molecular weight is 252 g/mol. The molecule has 0 radical (unpaired) electrons. The standard InChI is InChI=1S/C12H15NO3S/c1-8(2)17-7-11(14)13-10-5-3-9(4-6-10)12(15)16/h3-6,8H,7H2,1-2H3,(H,13,14)(H,15,16)/p-1. The van der Waals surface area contributed by atoms with Crippen molar-refractivity contribution in [1.82, 2.24) is 0 Å². The van der Waals surface area contributed by atoms with Gasteiger partial charge in [-0.2, -0.15) is 0 Å². The predicted octanol–water partition coefficient (Wildman–Crippen LogP) is 1.13. The van der Waals surface area contributed by atoms with Gasteiger partial charge in [-0.05, 0) is 22.9 Å². The van der Waals surface area contributed by atoms with E-state index in [1.54, 1.807) is 23.9 Å². The highest BCUT2D eigenvalue weighted by Gasteiger charge is 2.04. The van der Waals surface area contributed by atoms with E-state index in [1.165, 1.54) is 12.1 Å². The summed E-state index contributed by atoms with van der Waals surface area (Å²) < 4.78 is 0. The minimum absolute atomic E-state index is 0.0927. The zero-order chi connectivity index (χ0) is 12.8. The summed E-state index contributed by atoms with van der Waals surface area (Å²) in [6.07, 6.45) is 0. The van der Waals surface area contributed by atoms with E-state index < -0.39 is 5.97 Å². The molecule has 0 aliphatic rings. The van der Waals surface area contributed by atoms with Crippen molar-refractivity contribution in [1.29, 1.82) is 0 Å². The molecule has 1 rings (SSSR count). The Kier molecular flexibility index (Phi) is 5.03. The molecule has 0 fully saturated rings. The second-order valence-electron chi connectivity index (χ2n) is 3.77. The number of carbonyl (C=O) groups is 2. The fourth-order valence-corrected chi connectivity index (χ4v) is 1.69. The Balaban J connectivity index is 2.51. The number of hydrogen-bond donors (Lipinski definition) is 1. The van der Waals surface area contributed by atoms with E-state index in [2.05, 4.69) is 5.32 Å². The Bertz CT molecular complexity index is 401. The van der Waals surface area contributed by atoms with Gasteiger partial charge in [-0.25, -0.2) is 0 Å². The molecular weight excluding hydrogens is 238 g/mol. The molecule has 0 aliphatic carbocycles. The lowest BCUT2D eigenvalue weighted by molar-refractivity contribution is -0.255. The third-order valence-corrected chi connectivity index (χ3v) is 3.05. The van der Waals surface area contributed by atoms with E-state index in [-0.39, 0.29) is 11.5 Å². The summed E-state index contributed by atoms with van der Waals surface area (Å²) in [5.41, 5.74) is 0.684. The van der Waals surface area contributed by atoms with Crippen molar-refractivity contribution in [3.05, 3.63) is 29.8 Å². The van der Waals surface area contributed by atoms with Crippen molar-refractivity contribution >= 4 is 29.3 Å². The van der Waals surface area contributed by atoms with E-state index in [0.717, 1.165) is 0 Å². The summed E-state index contributed by atoms with van der Waals surface area (Å²) in [4.78, 5) is 22.0. The van der Waals surface area contributed by atoms with Crippen LogP contribution < -0.4 is 10.4 Å². The summed E-state index contributed by atoms with van der Waals surface area (Å²) >= 11 is 1.55. The third-order valence-electron chi connectivity index (χ3n) is 1.95. The number of carboxylic acids is 1. The Morgan fingerprint density at radius 2 is 1.88 bits per heavy atom. The van der Waals surface area contributed by atoms with Crippen LogP contribution in [0.15, 0.2) is 24.3 Å². The van der Waals surface area contributed by atoms with Crippen LogP contribution in [-0.2, 0) is 4.79 Å². The quantitative estimate of drug-likeness (QED) is 0.853. The Morgan fingerprint density at radius 1 is 1.29 bits per heavy atom. The molecule has 0 saturated carbocycles. The molecule has 92 valence electrons. The molecule has 0 bridgehead atoms. The zero-order valence-electron chi connectivity index (χ0n) is 9.73. The molecule has 0 aromatic heterocycles. The van der Waals surface area contributed by atoms with Crippen LogP contribution >= 0.6 is 11.8 Å². The Labute approximate surface area is 104 Å². The van der Waals surface area contributed by atoms with Crippen molar-refractivity contribution in [3.8, 4) is 0 Å². The molecule has 5 heteroatoms. The second-order valence-corrected chi connectivity index (χ2v) is 5.34. The molecular formula is C12H14NO3S-. The van der Waals surface area contributed by atoms with E-state index in [1.807, 2.05) is 13.8 Å². The molecule has 1 N–H and O–H groups in total. The lowest BCUT2D eigenvalue weighted by atomic mass is 10.2. The molecule has 0 saturated heterocycles. The first-order valence-corrected chi connectivity index (χ1v) is 6.27. The fraction of sp³-hybridized carbons (Fsp3) is 0.333. The zero-order valence-corrected chi connectivity index (χ0v) is 10.5. The van der Waals surface area contributed by atoms with Gasteiger partial charge in [0.05, 0.1) is 11.7 Å². The number of hydrogen-bond acceptors (Lipinski definition) is 4. The van der Waals surface area contributed by atoms with Crippen molar-refractivity contribution < 1.29 is 14.7 Å². The number of amides is 1. The summed E-state index contributed by atoms with van der Waals surface area (Å²) in [5.74, 6) is -0.928. The van der Waals surface area contributed by atoms with Gasteiger partial charge in [0.25, 0.3) is 0 Å². The van der Waals surface area contributed by atoms with E-state index in [0.29, 0.717) is 16.7 Å². The summed E-state index contributed by atoms with van der Waals surface area (Å²) in [5, 5.41) is 13.6. The summed E-state index contributed by atoms with van der Waals surface area (Å²) in [6.45, 7) is 4.04. The topological polar surface area (TPSA) is 69.2 Å². The van der Waals surface area contributed by atoms with Gasteiger partial charge in [-0.1, -0.05) is 26.0 Å². The molecule has 4 nitrogen and oxygen atoms in total. The SMILES string of the molecule is CC(C)SCC(=O)Nc1ccc(C(=O)[O-])cc1. The number of nitrogens with one attached hydrogen (secondary N) is 1. The van der Waals surface area contributed by atoms with Crippen molar-refractivity contribution in [2.45, 2.75) is 19.1 Å². The first-order chi connectivity index (χ1) is 7.99. The summed E-state index contributed by atoms with van der Waals surface area (Å²) in [6, 6.07) is 5.90. The number of carbonyl (C=O) groups excluding carboxylic acids is 2. The lowest BCUT2D eigenvalue weighted by Crippen LogP contribution is -2.22. The van der Waals surface area contributed by atoms with Crippen molar-refractivity contribution in [2.75, 3.05) is 11.1 Å². The number of benzene rings is 1. The number of carboxylic acid groups (broad SMARTS) is 1. The molecule has 1 aromatic rings. The van der Waals surface area contributed by atoms with Crippen LogP contribution in [0.4, 0.5) is 5.69 Å². The predicted molar refractivity (Wildman–Crippen MR) is 67.0 cm³/mol. The Morgan fingerprint density at radius 3 is 2.35 bits per heavy atom. The highest BCUT2D eigenvalue weighted by Crippen LogP contribution is 2.12. The van der Waals surface area contributed by atoms with Crippen LogP contribution in [0.3, 0.4) is 0 Å². The maximum Gasteiger partial charge on any atom is 0.234 e. The minimum Gasteiger partial charge on any atom is -0.545 e. The molecule has 0 aliphatic heterocycles. The maximum atomic E-state index is 11.5. The van der Waals surface area contributed by atoms with Crippen LogP contribution in [0.2, 0.25) is 0 Å². The van der Waals surface area contributed by atoms with Crippen LogP contribution in [0.1, 0.15) is 24.2 Å². The molecule has 0 unspecified atom stereocenters. The number of anilines is 1. The number of aromatic carboxylic acids is 1. The van der Waals surface area contributed by atoms with Gasteiger partial charge in [-0.3, -0.25) is 4.79 Å². The lowest BCUT2D eigenvalue weighted by Gasteiger charge is -2.08. The molecule has 1 amide bonds. The van der Waals surface area contributed by atoms with Gasteiger partial charge in [-0.15, -0.1) is 11.8 Å². The number of thioether (sulfide) groups is 1. The van der Waals surface area contributed by atoms with Gasteiger partial charge in [0.2, 0.25) is 5.91 Å². The normalized spacial score (nSPS) is 10.3. The maximum absolute atomic E-state index is 11.5. The fourth-order valence-electron chi connectivity index (χ4n) is 1.13. The highest BCUT2D eigenvalue weighted by atomic mass is 32.2. The van der Waals surface area contributed by atoms with Crippen LogP contribution in [-0.4, -0.2) is 22.9 Å². The largest absolute Gasteiger partial charge is 0.545 e. The monoisotopic (exact) mass is 252 g/mol. The molecule has 1 aromatic carbocycles. The molecule has 0 heterocycles. The van der Waals surface area contributed by atoms with Crippen LogP contribution in [0.5, 0.6) is 0 Å².